The van der Waals surface area contributed by atoms with Crippen LogP contribution in [0.15, 0.2) is 52.1 Å². The average Bonchev–Trinajstić information content (AvgIpc) is 2.47. The van der Waals surface area contributed by atoms with Gasteiger partial charge in [-0.3, -0.25) is 4.79 Å². The van der Waals surface area contributed by atoms with Crippen LogP contribution in [0.3, 0.4) is 0 Å². The van der Waals surface area contributed by atoms with Crippen molar-refractivity contribution in [3.63, 3.8) is 0 Å². The molecule has 1 heterocycles. The van der Waals surface area contributed by atoms with E-state index >= 15 is 0 Å². The zero-order valence-electron chi connectivity index (χ0n) is 11.0. The molecule has 1 amide bonds. The number of carbonyl (C=O) groups excluding carboxylic acids is 1. The molecule has 0 aliphatic rings. The number of pyridine rings is 1. The van der Waals surface area contributed by atoms with Crippen LogP contribution in [-0.2, 0) is 10.0 Å². The summed E-state index contributed by atoms with van der Waals surface area (Å²) in [5.74, 6) is -0.420. The second-order valence-corrected chi connectivity index (χ2v) is 6.69. The lowest BCUT2D eigenvalue weighted by molar-refractivity contribution is 0.102. The van der Waals surface area contributed by atoms with Crippen LogP contribution < -0.4 is 10.0 Å². The number of para-hydroxylation sites is 1. The van der Waals surface area contributed by atoms with Crippen LogP contribution in [0.5, 0.6) is 0 Å². The summed E-state index contributed by atoms with van der Waals surface area (Å²) in [4.78, 5) is 16.1. The number of halogens is 1. The second-order valence-electron chi connectivity index (χ2n) is 4.03. The third kappa shape index (κ3) is 3.66. The first kappa shape index (κ1) is 15.6. The van der Waals surface area contributed by atoms with Crippen LogP contribution in [0.1, 0.15) is 10.4 Å². The van der Waals surface area contributed by atoms with Crippen LogP contribution >= 0.6 is 15.9 Å². The van der Waals surface area contributed by atoms with Crippen molar-refractivity contribution >= 4 is 37.5 Å². The third-order valence-corrected chi connectivity index (χ3v) is 4.59. The molecular formula is C13H12BrN3O3S. The van der Waals surface area contributed by atoms with E-state index in [-0.39, 0.29) is 10.6 Å². The van der Waals surface area contributed by atoms with E-state index in [2.05, 4.69) is 31.0 Å². The predicted octanol–water partition coefficient (Wildman–Crippen LogP) is 2.00. The molecule has 21 heavy (non-hydrogen) atoms. The van der Waals surface area contributed by atoms with Crippen molar-refractivity contribution in [3.05, 3.63) is 52.8 Å². The van der Waals surface area contributed by atoms with Crippen molar-refractivity contribution in [1.82, 2.24) is 9.71 Å². The lowest BCUT2D eigenvalue weighted by atomic mass is 10.2. The first-order valence-electron chi connectivity index (χ1n) is 5.89. The molecule has 8 heteroatoms. The van der Waals surface area contributed by atoms with Gasteiger partial charge in [-0.1, -0.05) is 12.1 Å². The zero-order chi connectivity index (χ0) is 15.5. The SMILES string of the molecule is CNS(=O)(=O)c1ccccc1NC(=O)c1ccnc(Br)c1. The largest absolute Gasteiger partial charge is 0.321 e. The lowest BCUT2D eigenvalue weighted by Crippen LogP contribution is -2.21. The number of hydrogen-bond donors (Lipinski definition) is 2. The Bertz CT molecular complexity index is 778. The fourth-order valence-corrected chi connectivity index (χ4v) is 2.90. The van der Waals surface area contributed by atoms with Gasteiger partial charge in [0.15, 0.2) is 0 Å². The van der Waals surface area contributed by atoms with E-state index in [1.807, 2.05) is 0 Å². The zero-order valence-corrected chi connectivity index (χ0v) is 13.4. The fraction of sp³-hybridized carbons (Fsp3) is 0.0769. The Balaban J connectivity index is 2.35. The van der Waals surface area contributed by atoms with E-state index < -0.39 is 15.9 Å². The number of aromatic nitrogens is 1. The topological polar surface area (TPSA) is 88.2 Å². The summed E-state index contributed by atoms with van der Waals surface area (Å²) < 4.78 is 26.6. The van der Waals surface area contributed by atoms with Gasteiger partial charge in [-0.2, -0.15) is 0 Å². The highest BCUT2D eigenvalue weighted by atomic mass is 79.9. The Morgan fingerprint density at radius 3 is 2.62 bits per heavy atom. The summed E-state index contributed by atoms with van der Waals surface area (Å²) in [6.07, 6.45) is 1.48. The van der Waals surface area contributed by atoms with E-state index in [1.54, 1.807) is 18.2 Å². The average molecular weight is 370 g/mol. The molecule has 0 aliphatic heterocycles. The van der Waals surface area contributed by atoms with Crippen LogP contribution in [0.2, 0.25) is 0 Å². The van der Waals surface area contributed by atoms with E-state index in [0.717, 1.165) is 0 Å². The van der Waals surface area contributed by atoms with E-state index in [1.165, 1.54) is 31.4 Å². The molecule has 0 bridgehead atoms. The molecule has 0 unspecified atom stereocenters. The minimum absolute atomic E-state index is 0.00831. The number of sulfonamides is 1. The summed E-state index contributed by atoms with van der Waals surface area (Å²) in [6.45, 7) is 0. The molecule has 1 aromatic heterocycles. The number of amides is 1. The number of rotatable bonds is 4. The van der Waals surface area contributed by atoms with Crippen molar-refractivity contribution in [2.75, 3.05) is 12.4 Å². The van der Waals surface area contributed by atoms with Crippen molar-refractivity contribution in [2.45, 2.75) is 4.90 Å². The van der Waals surface area contributed by atoms with Crippen molar-refractivity contribution < 1.29 is 13.2 Å². The van der Waals surface area contributed by atoms with Gasteiger partial charge in [0.1, 0.15) is 9.50 Å². The maximum Gasteiger partial charge on any atom is 0.255 e. The Kier molecular flexibility index (Phi) is 4.71. The molecule has 110 valence electrons. The van der Waals surface area contributed by atoms with E-state index in [0.29, 0.717) is 10.2 Å². The molecule has 2 N–H and O–H groups in total. The van der Waals surface area contributed by atoms with Crippen molar-refractivity contribution in [1.29, 1.82) is 0 Å². The molecule has 0 saturated carbocycles. The van der Waals surface area contributed by atoms with Gasteiger partial charge in [0.05, 0.1) is 5.69 Å². The summed E-state index contributed by atoms with van der Waals surface area (Å²) in [5, 5.41) is 2.59. The molecule has 0 radical (unpaired) electrons. The monoisotopic (exact) mass is 369 g/mol. The van der Waals surface area contributed by atoms with E-state index in [9.17, 15) is 13.2 Å². The summed E-state index contributed by atoms with van der Waals surface area (Å²) in [7, 11) is -2.34. The van der Waals surface area contributed by atoms with Gasteiger partial charge in [-0.15, -0.1) is 0 Å². The number of benzene rings is 1. The Labute approximate surface area is 130 Å². The highest BCUT2D eigenvalue weighted by Crippen LogP contribution is 2.21. The Hall–Kier alpha value is -1.77. The first-order chi connectivity index (χ1) is 9.94. The molecule has 6 nitrogen and oxygen atoms in total. The quantitative estimate of drug-likeness (QED) is 0.806. The minimum Gasteiger partial charge on any atom is -0.321 e. The first-order valence-corrected chi connectivity index (χ1v) is 8.17. The van der Waals surface area contributed by atoms with Gasteiger partial charge in [-0.05, 0) is 47.2 Å². The Morgan fingerprint density at radius 1 is 1.24 bits per heavy atom. The third-order valence-electron chi connectivity index (χ3n) is 2.68. The lowest BCUT2D eigenvalue weighted by Gasteiger charge is -2.11. The van der Waals surface area contributed by atoms with Gasteiger partial charge in [0.2, 0.25) is 10.0 Å². The van der Waals surface area contributed by atoms with Crippen LogP contribution in [0.4, 0.5) is 5.69 Å². The molecular weight excluding hydrogens is 358 g/mol. The molecule has 0 spiro atoms. The van der Waals surface area contributed by atoms with Crippen LogP contribution in [-0.4, -0.2) is 26.4 Å². The summed E-state index contributed by atoms with van der Waals surface area (Å²) in [6, 6.07) is 9.26. The smallest absolute Gasteiger partial charge is 0.255 e. The second kappa shape index (κ2) is 6.33. The maximum atomic E-state index is 12.2. The Morgan fingerprint density at radius 2 is 1.95 bits per heavy atom. The maximum absolute atomic E-state index is 12.2. The molecule has 0 aliphatic carbocycles. The molecule has 1 aromatic carbocycles. The number of nitrogens with zero attached hydrogens (tertiary/aromatic N) is 1. The minimum atomic E-state index is -3.65. The number of nitrogens with one attached hydrogen (secondary N) is 2. The number of anilines is 1. The van der Waals surface area contributed by atoms with Gasteiger partial charge < -0.3 is 5.32 Å². The van der Waals surface area contributed by atoms with Crippen molar-refractivity contribution in [2.24, 2.45) is 0 Å². The highest BCUT2D eigenvalue weighted by Gasteiger charge is 2.18. The molecule has 0 saturated heterocycles. The summed E-state index contributed by atoms with van der Waals surface area (Å²) in [5.41, 5.74) is 0.582. The van der Waals surface area contributed by atoms with E-state index in [4.69, 9.17) is 0 Å². The number of carbonyl (C=O) groups is 1. The van der Waals surface area contributed by atoms with Crippen molar-refractivity contribution in [3.8, 4) is 0 Å². The van der Waals surface area contributed by atoms with Gasteiger partial charge in [0, 0.05) is 11.8 Å². The highest BCUT2D eigenvalue weighted by molar-refractivity contribution is 9.10. The van der Waals surface area contributed by atoms with Gasteiger partial charge >= 0.3 is 0 Å². The predicted molar refractivity (Wildman–Crippen MR) is 82.6 cm³/mol. The molecule has 2 rings (SSSR count). The summed E-state index contributed by atoms with van der Waals surface area (Å²) >= 11 is 3.18. The van der Waals surface area contributed by atoms with Gasteiger partial charge in [-0.25, -0.2) is 18.1 Å². The fourth-order valence-electron chi connectivity index (χ4n) is 1.65. The standard InChI is InChI=1S/C13H12BrN3O3S/c1-15-21(19,20)11-5-3-2-4-10(11)17-13(18)9-6-7-16-12(14)8-9/h2-8,15H,1H3,(H,17,18). The van der Waals surface area contributed by atoms with Crippen LogP contribution in [0.25, 0.3) is 0 Å². The molecule has 2 aromatic rings. The molecule has 0 atom stereocenters. The molecule has 0 fully saturated rings. The van der Waals surface area contributed by atoms with Gasteiger partial charge in [0.25, 0.3) is 5.91 Å². The normalized spacial score (nSPS) is 11.1. The number of hydrogen-bond acceptors (Lipinski definition) is 4. The van der Waals surface area contributed by atoms with Crippen LogP contribution in [0, 0.1) is 0 Å².